The first kappa shape index (κ1) is 13.8. The summed E-state index contributed by atoms with van der Waals surface area (Å²) in [7, 11) is 0. The van der Waals surface area contributed by atoms with Crippen molar-refractivity contribution in [2.24, 2.45) is 0 Å². The fraction of sp³-hybridized carbons (Fsp3) is 0.250. The molecule has 0 saturated heterocycles. The summed E-state index contributed by atoms with van der Waals surface area (Å²) < 4.78 is 37.2. The number of fused-ring (bicyclic) bond motifs is 1. The van der Waals surface area contributed by atoms with E-state index >= 15 is 0 Å². The van der Waals surface area contributed by atoms with Gasteiger partial charge in [0.1, 0.15) is 6.54 Å². The van der Waals surface area contributed by atoms with Crippen molar-refractivity contribution in [1.82, 2.24) is 9.78 Å². The molecule has 0 saturated carbocycles. The molecule has 2 heterocycles. The molecule has 0 aliphatic heterocycles. The summed E-state index contributed by atoms with van der Waals surface area (Å²) in [6, 6.07) is 0. The van der Waals surface area contributed by atoms with E-state index in [1.807, 2.05) is 0 Å². The van der Waals surface area contributed by atoms with Gasteiger partial charge >= 0.3 is 6.18 Å². The fourth-order valence-electron chi connectivity index (χ4n) is 1.30. The number of anilines is 1. The summed E-state index contributed by atoms with van der Waals surface area (Å²) in [6.45, 7) is -1.41. The van der Waals surface area contributed by atoms with Crippen molar-refractivity contribution in [3.8, 4) is 0 Å². The molecule has 2 N–H and O–H groups in total. The Morgan fingerprint density at radius 1 is 1.47 bits per heavy atom. The van der Waals surface area contributed by atoms with E-state index < -0.39 is 18.3 Å². The first-order valence-corrected chi connectivity index (χ1v) is 5.06. The molecule has 0 amide bonds. The Kier molecular flexibility index (Phi) is 3.68. The van der Waals surface area contributed by atoms with E-state index in [2.05, 4.69) is 5.10 Å². The lowest BCUT2D eigenvalue weighted by Gasteiger charge is -2.07. The Bertz CT molecular complexity index is 592. The molecule has 4 nitrogen and oxygen atoms in total. The molecule has 17 heavy (non-hydrogen) atoms. The zero-order chi connectivity index (χ0) is 11.9. The average molecular weight is 286 g/mol. The predicted octanol–water partition coefficient (Wildman–Crippen LogP) is 2.02. The van der Waals surface area contributed by atoms with Crippen LogP contribution in [0.5, 0.6) is 0 Å². The molecule has 2 aromatic heterocycles. The van der Waals surface area contributed by atoms with Crippen LogP contribution in [0.3, 0.4) is 0 Å². The first-order chi connectivity index (χ1) is 7.38. The Balaban J connectivity index is 0.00000144. The molecule has 0 aliphatic rings. The minimum Gasteiger partial charge on any atom is -0.397 e. The monoisotopic (exact) mass is 285 g/mol. The summed E-state index contributed by atoms with van der Waals surface area (Å²) in [5, 5.41) is 5.05. The van der Waals surface area contributed by atoms with Crippen LogP contribution in [0.1, 0.15) is 0 Å². The molecule has 0 atom stereocenters. The maximum atomic E-state index is 12.1. The Labute approximate surface area is 103 Å². The zero-order valence-corrected chi connectivity index (χ0v) is 9.83. The van der Waals surface area contributed by atoms with Gasteiger partial charge in [0.15, 0.2) is 0 Å². The van der Waals surface area contributed by atoms with E-state index in [9.17, 15) is 18.0 Å². The van der Waals surface area contributed by atoms with Gasteiger partial charge in [-0.3, -0.25) is 4.79 Å². The Hall–Kier alpha value is -1.28. The van der Waals surface area contributed by atoms with E-state index in [1.165, 1.54) is 22.9 Å². The number of alkyl halides is 3. The van der Waals surface area contributed by atoms with Crippen LogP contribution in [0.2, 0.25) is 0 Å². The number of nitrogens with two attached hydrogens (primary N) is 1. The summed E-state index contributed by atoms with van der Waals surface area (Å²) in [5.41, 5.74) is 4.87. The third kappa shape index (κ3) is 2.70. The third-order valence-electron chi connectivity index (χ3n) is 1.94. The molecule has 2 rings (SSSR count). The number of hydrogen-bond acceptors (Lipinski definition) is 4. The molecule has 0 radical (unpaired) electrons. The van der Waals surface area contributed by atoms with Crippen molar-refractivity contribution in [2.45, 2.75) is 12.7 Å². The zero-order valence-electron chi connectivity index (χ0n) is 8.19. The van der Waals surface area contributed by atoms with Crippen LogP contribution in [-0.2, 0) is 6.54 Å². The van der Waals surface area contributed by atoms with E-state index in [4.69, 9.17) is 5.73 Å². The smallest absolute Gasteiger partial charge is 0.397 e. The van der Waals surface area contributed by atoms with Gasteiger partial charge in [0, 0.05) is 5.38 Å². The van der Waals surface area contributed by atoms with Crippen LogP contribution in [-0.4, -0.2) is 16.0 Å². The number of nitrogen functional groups attached to an aromatic ring is 1. The number of nitrogens with zero attached hydrogens (tertiary/aromatic N) is 2. The van der Waals surface area contributed by atoms with Crippen LogP contribution in [0, 0.1) is 0 Å². The second kappa shape index (κ2) is 4.53. The molecular formula is C8H7ClF3N3OS. The van der Waals surface area contributed by atoms with E-state index in [0.29, 0.717) is 9.38 Å². The van der Waals surface area contributed by atoms with E-state index in [-0.39, 0.29) is 23.5 Å². The highest BCUT2D eigenvalue weighted by molar-refractivity contribution is 7.17. The molecular weight excluding hydrogens is 279 g/mol. The molecule has 0 aliphatic carbocycles. The van der Waals surface area contributed by atoms with Crippen LogP contribution < -0.4 is 11.3 Å². The summed E-state index contributed by atoms with van der Waals surface area (Å²) in [5.74, 6) is 0. The van der Waals surface area contributed by atoms with Crippen molar-refractivity contribution in [3.05, 3.63) is 21.9 Å². The lowest BCUT2D eigenvalue weighted by molar-refractivity contribution is -0.143. The number of thiophene rings is 1. The molecule has 0 aromatic carbocycles. The maximum Gasteiger partial charge on any atom is 0.408 e. The summed E-state index contributed by atoms with van der Waals surface area (Å²) in [4.78, 5) is 11.6. The predicted molar refractivity (Wildman–Crippen MR) is 61.6 cm³/mol. The van der Waals surface area contributed by atoms with Crippen molar-refractivity contribution >= 4 is 39.5 Å². The highest BCUT2D eigenvalue weighted by atomic mass is 35.5. The Morgan fingerprint density at radius 2 is 2.12 bits per heavy atom. The van der Waals surface area contributed by atoms with Gasteiger partial charge in [-0.25, -0.2) is 4.68 Å². The number of hydrogen-bond donors (Lipinski definition) is 1. The lowest BCUT2D eigenvalue weighted by atomic mass is 10.3. The van der Waals surface area contributed by atoms with Gasteiger partial charge in [-0.1, -0.05) is 0 Å². The quantitative estimate of drug-likeness (QED) is 0.872. The highest BCUT2D eigenvalue weighted by Crippen LogP contribution is 2.24. The van der Waals surface area contributed by atoms with Gasteiger partial charge < -0.3 is 5.73 Å². The van der Waals surface area contributed by atoms with E-state index in [0.717, 1.165) is 0 Å². The highest BCUT2D eigenvalue weighted by Gasteiger charge is 2.29. The number of halogens is 4. The minimum absolute atomic E-state index is 0. The number of rotatable bonds is 1. The van der Waals surface area contributed by atoms with Gasteiger partial charge in [0.05, 0.1) is 22.0 Å². The SMILES string of the molecule is Cl.Nc1csc2cnn(CC(F)(F)F)c(=O)c12. The average Bonchev–Trinajstić information content (AvgIpc) is 2.51. The third-order valence-corrected chi connectivity index (χ3v) is 2.87. The molecule has 0 fully saturated rings. The maximum absolute atomic E-state index is 12.1. The normalized spacial score (nSPS) is 11.5. The van der Waals surface area contributed by atoms with Crippen LogP contribution in [0.4, 0.5) is 18.9 Å². The second-order valence-electron chi connectivity index (χ2n) is 3.15. The molecule has 0 unspecified atom stereocenters. The number of aromatic nitrogens is 2. The largest absolute Gasteiger partial charge is 0.408 e. The van der Waals surface area contributed by atoms with Gasteiger partial charge in [-0.15, -0.1) is 23.7 Å². The molecule has 2 aromatic rings. The Morgan fingerprint density at radius 3 is 2.71 bits per heavy atom. The van der Waals surface area contributed by atoms with Crippen LogP contribution in [0.15, 0.2) is 16.4 Å². The lowest BCUT2D eigenvalue weighted by Crippen LogP contribution is -2.30. The minimum atomic E-state index is -4.48. The van der Waals surface area contributed by atoms with Gasteiger partial charge in [-0.2, -0.15) is 18.3 Å². The van der Waals surface area contributed by atoms with Crippen LogP contribution in [0.25, 0.3) is 10.1 Å². The topological polar surface area (TPSA) is 60.9 Å². The molecule has 9 heteroatoms. The fourth-order valence-corrected chi connectivity index (χ4v) is 2.10. The van der Waals surface area contributed by atoms with Crippen molar-refractivity contribution in [3.63, 3.8) is 0 Å². The molecule has 0 spiro atoms. The van der Waals surface area contributed by atoms with Gasteiger partial charge in [-0.05, 0) is 0 Å². The van der Waals surface area contributed by atoms with Crippen molar-refractivity contribution < 1.29 is 13.2 Å². The van der Waals surface area contributed by atoms with Gasteiger partial charge in [0.25, 0.3) is 5.56 Å². The standard InChI is InChI=1S/C8H6F3N3OS.ClH/c9-8(10,11)3-14-7(15)6-4(12)2-16-5(6)1-13-14;/h1-2H,3,12H2;1H. The van der Waals surface area contributed by atoms with Crippen molar-refractivity contribution in [1.29, 1.82) is 0 Å². The summed E-state index contributed by atoms with van der Waals surface area (Å²) >= 11 is 1.17. The molecule has 0 bridgehead atoms. The van der Waals surface area contributed by atoms with E-state index in [1.54, 1.807) is 0 Å². The van der Waals surface area contributed by atoms with Crippen molar-refractivity contribution in [2.75, 3.05) is 5.73 Å². The molecule has 94 valence electrons. The summed E-state index contributed by atoms with van der Waals surface area (Å²) in [6.07, 6.45) is -3.27. The van der Waals surface area contributed by atoms with Crippen LogP contribution >= 0.6 is 23.7 Å². The second-order valence-corrected chi connectivity index (χ2v) is 4.06. The van der Waals surface area contributed by atoms with Gasteiger partial charge in [0.2, 0.25) is 0 Å². The first-order valence-electron chi connectivity index (χ1n) is 4.18.